The number of benzene rings is 8. The standard InChI is InChI=1S/C66H60F2N4O/c1-40(2)56-32-46(44-18-10-9-11-19-44)33-57(41(3)4)65(56)48-30-51(37-53(31-48)73-52-25-26-55-54-20-12-13-21-60(54)72(63(55)38-52)64-24-16-17-27-69-64)70-39-71(62-23-15-14-22-61(62)70)66-58(42(5)6)34-47(35-59(66)43(7)8)45-28-49(67)36-50(68)29-45/h9-38,40-43H,39H2,1-8H3. The van der Waals surface area contributed by atoms with Crippen molar-refractivity contribution in [3.63, 3.8) is 0 Å². The first-order valence-corrected chi connectivity index (χ1v) is 25.6. The molecule has 0 amide bonds. The van der Waals surface area contributed by atoms with Crippen LogP contribution >= 0.6 is 0 Å². The molecule has 0 bridgehead atoms. The molecule has 0 radical (unpaired) electrons. The van der Waals surface area contributed by atoms with Gasteiger partial charge in [0.2, 0.25) is 0 Å². The Balaban J connectivity index is 1.10. The fraction of sp³-hybridized carbons (Fsp3) is 0.197. The summed E-state index contributed by atoms with van der Waals surface area (Å²) in [6.07, 6.45) is 1.84. The van der Waals surface area contributed by atoms with E-state index >= 15 is 0 Å². The van der Waals surface area contributed by atoms with E-state index in [0.717, 1.165) is 84.4 Å². The first-order chi connectivity index (χ1) is 35.3. The zero-order valence-corrected chi connectivity index (χ0v) is 42.8. The van der Waals surface area contributed by atoms with Crippen LogP contribution in [0, 0.1) is 11.6 Å². The molecular weight excluding hydrogens is 903 g/mol. The zero-order chi connectivity index (χ0) is 50.7. The van der Waals surface area contributed by atoms with E-state index in [1.165, 1.54) is 39.9 Å². The highest BCUT2D eigenvalue weighted by molar-refractivity contribution is 6.09. The molecule has 0 saturated carbocycles. The van der Waals surface area contributed by atoms with E-state index in [9.17, 15) is 8.78 Å². The number of ether oxygens (including phenoxy) is 1. The van der Waals surface area contributed by atoms with E-state index in [1.807, 2.05) is 24.4 Å². The molecule has 0 aliphatic carbocycles. The van der Waals surface area contributed by atoms with Gasteiger partial charge in [-0.15, -0.1) is 0 Å². The van der Waals surface area contributed by atoms with Gasteiger partial charge in [0.25, 0.3) is 0 Å². The van der Waals surface area contributed by atoms with Crippen molar-refractivity contribution in [3.05, 3.63) is 216 Å². The Labute approximate surface area is 428 Å². The summed E-state index contributed by atoms with van der Waals surface area (Å²) in [6.45, 7) is 18.5. The van der Waals surface area contributed by atoms with Crippen LogP contribution in [-0.2, 0) is 0 Å². The van der Waals surface area contributed by atoms with Crippen molar-refractivity contribution in [1.82, 2.24) is 9.55 Å². The Morgan fingerprint density at radius 2 is 1.00 bits per heavy atom. The molecule has 11 rings (SSSR count). The maximum absolute atomic E-state index is 14.7. The van der Waals surface area contributed by atoms with Gasteiger partial charge in [-0.1, -0.05) is 134 Å². The van der Waals surface area contributed by atoms with Gasteiger partial charge in [-0.3, -0.25) is 4.57 Å². The zero-order valence-electron chi connectivity index (χ0n) is 42.8. The number of fused-ring (bicyclic) bond motifs is 4. The Kier molecular flexibility index (Phi) is 12.4. The lowest BCUT2D eigenvalue weighted by molar-refractivity contribution is 0.483. The molecule has 1 aliphatic rings. The molecule has 0 spiro atoms. The number of pyridine rings is 1. The molecule has 1 aliphatic heterocycles. The van der Waals surface area contributed by atoms with E-state index in [1.54, 1.807) is 0 Å². The third-order valence-corrected chi connectivity index (χ3v) is 14.4. The minimum atomic E-state index is -0.590. The topological polar surface area (TPSA) is 33.5 Å². The molecule has 0 N–H and O–H groups in total. The van der Waals surface area contributed by atoms with E-state index in [0.29, 0.717) is 18.0 Å². The number of hydrogen-bond donors (Lipinski definition) is 0. The molecule has 73 heavy (non-hydrogen) atoms. The normalized spacial score (nSPS) is 12.6. The summed E-state index contributed by atoms with van der Waals surface area (Å²) in [5.41, 5.74) is 17.1. The second-order valence-electron chi connectivity index (χ2n) is 20.7. The van der Waals surface area contributed by atoms with Gasteiger partial charge in [0.1, 0.15) is 35.6 Å². The molecule has 0 saturated heterocycles. The summed E-state index contributed by atoms with van der Waals surface area (Å²) in [4.78, 5) is 9.63. The van der Waals surface area contributed by atoms with Crippen molar-refractivity contribution in [2.24, 2.45) is 0 Å². The summed E-state index contributed by atoms with van der Waals surface area (Å²) in [5, 5.41) is 2.27. The molecule has 3 heterocycles. The third-order valence-electron chi connectivity index (χ3n) is 14.4. The predicted molar refractivity (Wildman–Crippen MR) is 300 cm³/mol. The summed E-state index contributed by atoms with van der Waals surface area (Å²) in [7, 11) is 0. The number of nitrogens with zero attached hydrogens (tertiary/aromatic N) is 4. The average molecular weight is 963 g/mol. The van der Waals surface area contributed by atoms with Gasteiger partial charge in [-0.05, 0) is 158 Å². The van der Waals surface area contributed by atoms with Crippen LogP contribution in [0.2, 0.25) is 0 Å². The van der Waals surface area contributed by atoms with Crippen molar-refractivity contribution in [1.29, 1.82) is 0 Å². The van der Waals surface area contributed by atoms with Crippen LogP contribution in [0.1, 0.15) is 101 Å². The Morgan fingerprint density at radius 1 is 0.438 bits per heavy atom. The number of aromatic nitrogens is 2. The number of para-hydroxylation sites is 3. The van der Waals surface area contributed by atoms with Crippen LogP contribution in [0.3, 0.4) is 0 Å². The molecule has 364 valence electrons. The molecule has 0 unspecified atom stereocenters. The number of anilines is 4. The second-order valence-corrected chi connectivity index (χ2v) is 20.7. The predicted octanol–water partition coefficient (Wildman–Crippen LogP) is 19.0. The van der Waals surface area contributed by atoms with Crippen molar-refractivity contribution < 1.29 is 13.5 Å². The lowest BCUT2D eigenvalue weighted by atomic mass is 9.82. The average Bonchev–Trinajstić information content (AvgIpc) is 3.94. The highest BCUT2D eigenvalue weighted by atomic mass is 19.1. The van der Waals surface area contributed by atoms with Crippen molar-refractivity contribution >= 4 is 44.6 Å². The fourth-order valence-electron chi connectivity index (χ4n) is 10.9. The minimum absolute atomic E-state index is 0.104. The summed E-state index contributed by atoms with van der Waals surface area (Å²) in [6, 6.07) is 59.7. The van der Waals surface area contributed by atoms with Gasteiger partial charge in [0, 0.05) is 46.5 Å². The Bertz CT molecular complexity index is 3610. The number of halogens is 2. The second kappa shape index (κ2) is 19.2. The largest absolute Gasteiger partial charge is 0.457 e. The van der Waals surface area contributed by atoms with Gasteiger partial charge < -0.3 is 14.5 Å². The molecule has 0 atom stereocenters. The maximum Gasteiger partial charge on any atom is 0.137 e. The van der Waals surface area contributed by atoms with Crippen LogP contribution in [0.4, 0.5) is 31.5 Å². The lowest BCUT2D eigenvalue weighted by Crippen LogP contribution is -2.26. The van der Waals surface area contributed by atoms with E-state index < -0.39 is 11.6 Å². The van der Waals surface area contributed by atoms with Crippen molar-refractivity contribution in [2.75, 3.05) is 16.5 Å². The molecule has 0 fully saturated rings. The quantitative estimate of drug-likeness (QED) is 0.122. The maximum atomic E-state index is 14.7. The Morgan fingerprint density at radius 3 is 1.64 bits per heavy atom. The fourth-order valence-corrected chi connectivity index (χ4v) is 10.9. The summed E-state index contributed by atoms with van der Waals surface area (Å²) >= 11 is 0. The van der Waals surface area contributed by atoms with Gasteiger partial charge >= 0.3 is 0 Å². The van der Waals surface area contributed by atoms with Crippen LogP contribution < -0.4 is 14.5 Å². The van der Waals surface area contributed by atoms with E-state index in [-0.39, 0.29) is 23.7 Å². The molecular formula is C66H60F2N4O. The van der Waals surface area contributed by atoms with Crippen molar-refractivity contribution in [3.8, 4) is 50.7 Å². The first-order valence-electron chi connectivity index (χ1n) is 25.6. The highest BCUT2D eigenvalue weighted by Gasteiger charge is 2.33. The van der Waals surface area contributed by atoms with Crippen LogP contribution in [0.15, 0.2) is 182 Å². The third kappa shape index (κ3) is 8.81. The molecule has 5 nitrogen and oxygen atoms in total. The van der Waals surface area contributed by atoms with Gasteiger partial charge in [-0.25, -0.2) is 13.8 Å². The lowest BCUT2D eigenvalue weighted by Gasteiger charge is -2.30. The van der Waals surface area contributed by atoms with Crippen LogP contribution in [0.5, 0.6) is 11.5 Å². The Hall–Kier alpha value is -8.03. The van der Waals surface area contributed by atoms with Crippen LogP contribution in [-0.4, -0.2) is 16.2 Å². The minimum Gasteiger partial charge on any atom is -0.457 e. The van der Waals surface area contributed by atoms with E-state index in [4.69, 9.17) is 9.72 Å². The molecule has 10 aromatic rings. The molecule has 7 heteroatoms. The SMILES string of the molecule is CC(C)c1cc(-c2ccccc2)cc(C(C)C)c1-c1cc(Oc2ccc3c4ccccc4n(-c4ccccn4)c3c2)cc(N2CN(c3c(C(C)C)cc(-c4cc(F)cc(F)c4)cc3C(C)C)c3ccccc32)c1. The first kappa shape index (κ1) is 47.3. The van der Waals surface area contributed by atoms with Gasteiger partial charge in [-0.2, -0.15) is 0 Å². The van der Waals surface area contributed by atoms with Gasteiger partial charge in [0.05, 0.1) is 22.4 Å². The summed E-state index contributed by atoms with van der Waals surface area (Å²) in [5.74, 6) is 1.74. The summed E-state index contributed by atoms with van der Waals surface area (Å²) < 4.78 is 38.9. The molecule has 8 aromatic carbocycles. The number of hydrogen-bond acceptors (Lipinski definition) is 4. The number of rotatable bonds is 12. The molecule has 2 aromatic heterocycles. The highest BCUT2D eigenvalue weighted by Crippen LogP contribution is 2.51. The van der Waals surface area contributed by atoms with Gasteiger partial charge in [0.15, 0.2) is 0 Å². The van der Waals surface area contributed by atoms with Crippen LogP contribution in [0.25, 0.3) is 61.0 Å². The van der Waals surface area contributed by atoms with E-state index in [2.05, 4.69) is 209 Å². The van der Waals surface area contributed by atoms with Crippen molar-refractivity contribution in [2.45, 2.75) is 79.1 Å². The smallest absolute Gasteiger partial charge is 0.137 e. The monoisotopic (exact) mass is 962 g/mol.